The van der Waals surface area contributed by atoms with Crippen LogP contribution in [0.1, 0.15) is 18.4 Å². The van der Waals surface area contributed by atoms with Crippen LogP contribution in [0.5, 0.6) is 0 Å². The maximum atomic E-state index is 4.71. The smallest absolute Gasteiger partial charge is 0.149 e. The van der Waals surface area contributed by atoms with E-state index in [0.29, 0.717) is 0 Å². The van der Waals surface area contributed by atoms with Crippen LogP contribution in [0.15, 0.2) is 48.9 Å². The summed E-state index contributed by atoms with van der Waals surface area (Å²) < 4.78 is 1.89. The summed E-state index contributed by atoms with van der Waals surface area (Å²) in [4.78, 5) is 8.76. The number of unbranched alkanes of at least 4 members (excludes halogenated alkanes) is 1. The molecule has 130 valence electrons. The molecule has 0 saturated carbocycles. The molecule has 25 heavy (non-hydrogen) atoms. The van der Waals surface area contributed by atoms with E-state index in [9.17, 15) is 0 Å². The van der Waals surface area contributed by atoms with Crippen LogP contribution in [0, 0.1) is 6.92 Å². The van der Waals surface area contributed by atoms with E-state index in [2.05, 4.69) is 26.7 Å². The molecule has 0 fully saturated rings. The summed E-state index contributed by atoms with van der Waals surface area (Å²) in [7, 11) is 1.98. The van der Waals surface area contributed by atoms with Crippen molar-refractivity contribution in [2.75, 3.05) is 25.5 Å². The minimum atomic E-state index is 0.852. The van der Waals surface area contributed by atoms with Gasteiger partial charge in [-0.15, -0.1) is 5.10 Å². The number of nitrogens with one attached hydrogen (secondary N) is 2. The van der Waals surface area contributed by atoms with E-state index < -0.39 is 0 Å². The van der Waals surface area contributed by atoms with Gasteiger partial charge in [-0.1, -0.05) is 6.07 Å². The SMILES string of the molecule is CNCCCCNc1cc(-c2ccc(C)cn2)n(-c2cccnc2)n1. The van der Waals surface area contributed by atoms with Crippen molar-refractivity contribution in [2.45, 2.75) is 19.8 Å². The number of aromatic nitrogens is 4. The molecule has 3 heterocycles. The lowest BCUT2D eigenvalue weighted by atomic mass is 10.2. The average Bonchev–Trinajstić information content (AvgIpc) is 3.07. The Morgan fingerprint density at radius 2 is 1.96 bits per heavy atom. The topological polar surface area (TPSA) is 67.7 Å². The third kappa shape index (κ3) is 4.42. The number of aryl methyl sites for hydroxylation is 1. The summed E-state index contributed by atoms with van der Waals surface area (Å²) in [5.41, 5.74) is 3.90. The monoisotopic (exact) mass is 336 g/mol. The highest BCUT2D eigenvalue weighted by Gasteiger charge is 2.12. The Morgan fingerprint density at radius 3 is 2.68 bits per heavy atom. The van der Waals surface area contributed by atoms with Crippen LogP contribution >= 0.6 is 0 Å². The summed E-state index contributed by atoms with van der Waals surface area (Å²) in [6, 6.07) is 10.0. The van der Waals surface area contributed by atoms with Crippen LogP contribution in [-0.4, -0.2) is 39.9 Å². The molecule has 3 aromatic rings. The highest BCUT2D eigenvalue weighted by Crippen LogP contribution is 2.24. The first-order valence-corrected chi connectivity index (χ1v) is 8.60. The van der Waals surface area contributed by atoms with Gasteiger partial charge in [-0.05, 0) is 57.1 Å². The van der Waals surface area contributed by atoms with Crippen molar-refractivity contribution in [1.82, 2.24) is 25.1 Å². The first-order chi connectivity index (χ1) is 12.3. The molecule has 2 N–H and O–H groups in total. The van der Waals surface area contributed by atoms with Crippen molar-refractivity contribution in [2.24, 2.45) is 0 Å². The van der Waals surface area contributed by atoms with Crippen molar-refractivity contribution in [3.05, 3.63) is 54.5 Å². The van der Waals surface area contributed by atoms with Gasteiger partial charge in [0, 0.05) is 25.0 Å². The molecule has 0 spiro atoms. The molecule has 3 rings (SSSR count). The molecule has 0 aliphatic rings. The Kier molecular flexibility index (Phi) is 5.74. The molecular formula is C19H24N6. The molecule has 0 aromatic carbocycles. The lowest BCUT2D eigenvalue weighted by Gasteiger charge is -2.06. The molecule has 0 amide bonds. The summed E-state index contributed by atoms with van der Waals surface area (Å²) in [5.74, 6) is 0.852. The third-order valence-electron chi connectivity index (χ3n) is 3.93. The maximum Gasteiger partial charge on any atom is 0.149 e. The molecule has 6 nitrogen and oxygen atoms in total. The van der Waals surface area contributed by atoms with E-state index >= 15 is 0 Å². The van der Waals surface area contributed by atoms with E-state index in [-0.39, 0.29) is 0 Å². The van der Waals surface area contributed by atoms with Crippen LogP contribution in [0.3, 0.4) is 0 Å². The van der Waals surface area contributed by atoms with Gasteiger partial charge < -0.3 is 10.6 Å². The molecule has 0 radical (unpaired) electrons. The highest BCUT2D eigenvalue weighted by molar-refractivity contribution is 5.62. The summed E-state index contributed by atoms with van der Waals surface area (Å²) in [6.07, 6.45) is 7.68. The van der Waals surface area contributed by atoms with E-state index in [0.717, 1.165) is 54.4 Å². The van der Waals surface area contributed by atoms with Gasteiger partial charge in [0.1, 0.15) is 5.82 Å². The van der Waals surface area contributed by atoms with Gasteiger partial charge in [0.15, 0.2) is 0 Å². The molecule has 0 aliphatic heterocycles. The van der Waals surface area contributed by atoms with Crippen molar-refractivity contribution in [3.8, 4) is 17.1 Å². The highest BCUT2D eigenvalue weighted by atomic mass is 15.3. The molecule has 6 heteroatoms. The number of anilines is 1. The maximum absolute atomic E-state index is 4.71. The standard InChI is InChI=1S/C19H24N6/c1-15-7-8-17(23-13-15)18-12-19(22-11-4-3-9-20-2)24-25(18)16-6-5-10-21-14-16/h5-8,10,12-14,20H,3-4,9,11H2,1-2H3,(H,22,24). The Hall–Kier alpha value is -2.73. The fourth-order valence-corrected chi connectivity index (χ4v) is 2.59. The Morgan fingerprint density at radius 1 is 1.08 bits per heavy atom. The number of hydrogen-bond acceptors (Lipinski definition) is 5. The zero-order chi connectivity index (χ0) is 17.5. The molecule has 0 aliphatic carbocycles. The van der Waals surface area contributed by atoms with E-state index in [1.54, 1.807) is 12.4 Å². The predicted octanol–water partition coefficient (Wildman–Crippen LogP) is 3.05. The van der Waals surface area contributed by atoms with Gasteiger partial charge in [0.25, 0.3) is 0 Å². The van der Waals surface area contributed by atoms with Crippen LogP contribution in [0.4, 0.5) is 5.82 Å². The lowest BCUT2D eigenvalue weighted by Crippen LogP contribution is -2.10. The normalized spacial score (nSPS) is 10.8. The van der Waals surface area contributed by atoms with E-state index in [4.69, 9.17) is 5.10 Å². The van der Waals surface area contributed by atoms with E-state index in [1.165, 1.54) is 0 Å². The van der Waals surface area contributed by atoms with Gasteiger partial charge in [0.2, 0.25) is 0 Å². The minimum absolute atomic E-state index is 0.852. The lowest BCUT2D eigenvalue weighted by molar-refractivity contribution is 0.693. The molecule has 0 atom stereocenters. The fraction of sp³-hybridized carbons (Fsp3) is 0.316. The van der Waals surface area contributed by atoms with Crippen LogP contribution in [-0.2, 0) is 0 Å². The van der Waals surface area contributed by atoms with Gasteiger partial charge in [0.05, 0.1) is 23.3 Å². The quantitative estimate of drug-likeness (QED) is 0.619. The number of rotatable bonds is 8. The largest absolute Gasteiger partial charge is 0.369 e. The average molecular weight is 336 g/mol. The third-order valence-corrected chi connectivity index (χ3v) is 3.93. The Labute approximate surface area is 148 Å². The zero-order valence-corrected chi connectivity index (χ0v) is 14.7. The van der Waals surface area contributed by atoms with Crippen molar-refractivity contribution in [1.29, 1.82) is 0 Å². The number of nitrogens with zero attached hydrogens (tertiary/aromatic N) is 4. The molecule has 3 aromatic heterocycles. The summed E-state index contributed by atoms with van der Waals surface area (Å²) >= 11 is 0. The van der Waals surface area contributed by atoms with Gasteiger partial charge in [-0.25, -0.2) is 4.68 Å². The van der Waals surface area contributed by atoms with Crippen LogP contribution in [0.25, 0.3) is 17.1 Å². The first-order valence-electron chi connectivity index (χ1n) is 8.60. The second-order valence-corrected chi connectivity index (χ2v) is 6.00. The zero-order valence-electron chi connectivity index (χ0n) is 14.7. The molecule has 0 bridgehead atoms. The van der Waals surface area contributed by atoms with E-state index in [1.807, 2.05) is 49.1 Å². The van der Waals surface area contributed by atoms with Crippen molar-refractivity contribution in [3.63, 3.8) is 0 Å². The van der Waals surface area contributed by atoms with Gasteiger partial charge >= 0.3 is 0 Å². The van der Waals surface area contributed by atoms with Crippen LogP contribution in [0.2, 0.25) is 0 Å². The fourth-order valence-electron chi connectivity index (χ4n) is 2.59. The predicted molar refractivity (Wildman–Crippen MR) is 101 cm³/mol. The second-order valence-electron chi connectivity index (χ2n) is 6.00. The van der Waals surface area contributed by atoms with Gasteiger partial charge in [-0.3, -0.25) is 9.97 Å². The number of hydrogen-bond donors (Lipinski definition) is 2. The van der Waals surface area contributed by atoms with Crippen molar-refractivity contribution < 1.29 is 0 Å². The first kappa shape index (κ1) is 17.1. The summed E-state index contributed by atoms with van der Waals surface area (Å²) in [6.45, 7) is 3.96. The molecule has 0 saturated heterocycles. The second kappa shape index (κ2) is 8.39. The number of pyridine rings is 2. The molecular weight excluding hydrogens is 312 g/mol. The Bertz CT molecular complexity index is 779. The summed E-state index contributed by atoms with van der Waals surface area (Å²) in [5, 5.41) is 11.3. The van der Waals surface area contributed by atoms with Gasteiger partial charge in [-0.2, -0.15) is 0 Å². The van der Waals surface area contributed by atoms with Crippen molar-refractivity contribution >= 4 is 5.82 Å². The Balaban J connectivity index is 1.85. The molecule has 0 unspecified atom stereocenters. The minimum Gasteiger partial charge on any atom is -0.369 e. The van der Waals surface area contributed by atoms with Crippen LogP contribution < -0.4 is 10.6 Å².